The van der Waals surface area contributed by atoms with Crippen molar-refractivity contribution in [3.63, 3.8) is 0 Å². The molecule has 0 radical (unpaired) electrons. The second kappa shape index (κ2) is 48.1. The van der Waals surface area contributed by atoms with Gasteiger partial charge in [-0.25, -0.2) is 0 Å². The van der Waals surface area contributed by atoms with Crippen LogP contribution < -0.4 is 5.32 Å². The highest BCUT2D eigenvalue weighted by molar-refractivity contribution is 5.76. The van der Waals surface area contributed by atoms with E-state index in [1.807, 2.05) is 6.08 Å². The molecule has 1 heterocycles. The number of hydrogen-bond donors (Lipinski definition) is 6. The number of rotatable bonds is 49. The van der Waals surface area contributed by atoms with Crippen LogP contribution >= 0.6 is 0 Å². The summed E-state index contributed by atoms with van der Waals surface area (Å²) in [5.41, 5.74) is 0. The van der Waals surface area contributed by atoms with Gasteiger partial charge >= 0.3 is 0 Å². The van der Waals surface area contributed by atoms with Gasteiger partial charge in [0.2, 0.25) is 5.91 Å². The quantitative estimate of drug-likeness (QED) is 0.0261. The monoisotopic (exact) mass is 948 g/mol. The molecule has 0 spiro atoms. The number of unbranched alkanes of at least 4 members (excludes halogenated alkanes) is 35. The second-order valence-electron chi connectivity index (χ2n) is 20.1. The number of allylic oxidation sites excluding steroid dienone is 5. The number of hydrogen-bond acceptors (Lipinski definition) is 8. The van der Waals surface area contributed by atoms with E-state index in [-0.39, 0.29) is 12.5 Å². The van der Waals surface area contributed by atoms with Gasteiger partial charge in [-0.2, -0.15) is 0 Å². The third-order valence-corrected chi connectivity index (χ3v) is 13.7. The molecular weight excluding hydrogens is 839 g/mol. The third kappa shape index (κ3) is 37.9. The Hall–Kier alpha value is -1.59. The molecule has 1 saturated heterocycles. The Kier molecular flexibility index (Phi) is 45.5. The summed E-state index contributed by atoms with van der Waals surface area (Å²) >= 11 is 0. The largest absolute Gasteiger partial charge is 0.394 e. The van der Waals surface area contributed by atoms with E-state index in [1.165, 1.54) is 199 Å². The molecular formula is C58H109NO8. The molecule has 67 heavy (non-hydrogen) atoms. The number of nitrogens with one attached hydrogen (secondary N) is 1. The zero-order valence-electron chi connectivity index (χ0n) is 43.7. The van der Waals surface area contributed by atoms with Crippen molar-refractivity contribution >= 4 is 5.91 Å². The zero-order chi connectivity index (χ0) is 48.7. The van der Waals surface area contributed by atoms with Crippen molar-refractivity contribution in [2.45, 2.75) is 314 Å². The van der Waals surface area contributed by atoms with Crippen molar-refractivity contribution in [2.24, 2.45) is 0 Å². The molecule has 1 aliphatic rings. The molecule has 1 fully saturated rings. The van der Waals surface area contributed by atoms with Gasteiger partial charge in [-0.1, -0.05) is 243 Å². The van der Waals surface area contributed by atoms with Gasteiger partial charge in [-0.15, -0.1) is 0 Å². The average molecular weight is 949 g/mol. The molecule has 6 N–H and O–H groups in total. The van der Waals surface area contributed by atoms with Crippen LogP contribution in [0.25, 0.3) is 0 Å². The number of ether oxygens (including phenoxy) is 2. The van der Waals surface area contributed by atoms with Crippen molar-refractivity contribution < 1.29 is 39.8 Å². The predicted molar refractivity (Wildman–Crippen MR) is 281 cm³/mol. The van der Waals surface area contributed by atoms with Gasteiger partial charge in [0.1, 0.15) is 24.4 Å². The fourth-order valence-corrected chi connectivity index (χ4v) is 9.11. The lowest BCUT2D eigenvalue weighted by atomic mass is 9.99. The first-order valence-corrected chi connectivity index (χ1v) is 28.7. The van der Waals surface area contributed by atoms with Gasteiger partial charge in [0, 0.05) is 6.42 Å². The van der Waals surface area contributed by atoms with E-state index in [0.717, 1.165) is 51.4 Å². The van der Waals surface area contributed by atoms with Crippen molar-refractivity contribution in [1.82, 2.24) is 5.32 Å². The van der Waals surface area contributed by atoms with Crippen LogP contribution in [0.4, 0.5) is 0 Å². The van der Waals surface area contributed by atoms with Gasteiger partial charge in [0.25, 0.3) is 0 Å². The predicted octanol–water partition coefficient (Wildman–Crippen LogP) is 14.0. The summed E-state index contributed by atoms with van der Waals surface area (Å²) in [6.45, 7) is 3.79. The van der Waals surface area contributed by atoms with Crippen LogP contribution in [0.1, 0.15) is 271 Å². The second-order valence-corrected chi connectivity index (χ2v) is 20.1. The van der Waals surface area contributed by atoms with Crippen molar-refractivity contribution in [3.05, 3.63) is 36.5 Å². The van der Waals surface area contributed by atoms with Crippen LogP contribution in [-0.2, 0) is 14.3 Å². The zero-order valence-corrected chi connectivity index (χ0v) is 43.7. The first kappa shape index (κ1) is 63.4. The van der Waals surface area contributed by atoms with Crippen LogP contribution in [-0.4, -0.2) is 87.5 Å². The molecule has 0 bridgehead atoms. The maximum absolute atomic E-state index is 13.0. The van der Waals surface area contributed by atoms with Crippen LogP contribution in [0.15, 0.2) is 36.5 Å². The number of aliphatic hydroxyl groups is 5. The first-order valence-electron chi connectivity index (χ1n) is 28.7. The maximum Gasteiger partial charge on any atom is 0.220 e. The molecule has 1 amide bonds. The summed E-state index contributed by atoms with van der Waals surface area (Å²) in [5, 5.41) is 54.5. The van der Waals surface area contributed by atoms with Crippen LogP contribution in [0.5, 0.6) is 0 Å². The third-order valence-electron chi connectivity index (χ3n) is 13.7. The van der Waals surface area contributed by atoms with E-state index in [4.69, 9.17) is 9.47 Å². The van der Waals surface area contributed by atoms with E-state index >= 15 is 0 Å². The minimum absolute atomic E-state index is 0.188. The van der Waals surface area contributed by atoms with Crippen LogP contribution in [0, 0.1) is 0 Å². The Morgan fingerprint density at radius 3 is 1.25 bits per heavy atom. The molecule has 7 atom stereocenters. The molecule has 9 nitrogen and oxygen atoms in total. The van der Waals surface area contributed by atoms with E-state index in [0.29, 0.717) is 6.42 Å². The van der Waals surface area contributed by atoms with Gasteiger partial charge in [-0.05, 0) is 57.8 Å². The van der Waals surface area contributed by atoms with E-state index < -0.39 is 49.5 Å². The molecule has 0 aliphatic carbocycles. The fourth-order valence-electron chi connectivity index (χ4n) is 9.11. The highest BCUT2D eigenvalue weighted by Crippen LogP contribution is 2.23. The SMILES string of the molecule is CCCCCCCCCCCC/C=C\CCCCCCCCCC(=O)NC(COC1OC(CO)C(O)C(O)C1O)C(O)/C=C/CC/C=C/CCCCCCCCCCCCCCCCCCC. The van der Waals surface area contributed by atoms with Crippen LogP contribution in [0.2, 0.25) is 0 Å². The lowest BCUT2D eigenvalue weighted by Crippen LogP contribution is -2.60. The lowest BCUT2D eigenvalue weighted by Gasteiger charge is -2.40. The summed E-state index contributed by atoms with van der Waals surface area (Å²) in [6, 6.07) is -0.824. The van der Waals surface area contributed by atoms with Gasteiger partial charge in [-0.3, -0.25) is 4.79 Å². The molecule has 0 aromatic rings. The molecule has 7 unspecified atom stereocenters. The van der Waals surface area contributed by atoms with Gasteiger partial charge in [0.05, 0.1) is 25.4 Å². The smallest absolute Gasteiger partial charge is 0.220 e. The number of carbonyl (C=O) groups excluding carboxylic acids is 1. The number of carbonyl (C=O) groups is 1. The summed E-state index contributed by atoms with van der Waals surface area (Å²) in [5.74, 6) is -0.188. The summed E-state index contributed by atoms with van der Waals surface area (Å²) < 4.78 is 11.3. The molecule has 1 rings (SSSR count). The normalized spacial score (nSPS) is 19.9. The molecule has 1 aliphatic heterocycles. The molecule has 0 aromatic carbocycles. The molecule has 0 aromatic heterocycles. The Labute approximate surface area is 412 Å². The van der Waals surface area contributed by atoms with Crippen molar-refractivity contribution in [1.29, 1.82) is 0 Å². The summed E-state index contributed by atoms with van der Waals surface area (Å²) in [6.07, 6.45) is 55.0. The molecule has 0 saturated carbocycles. The van der Waals surface area contributed by atoms with Crippen LogP contribution in [0.3, 0.4) is 0 Å². The number of aliphatic hydroxyl groups excluding tert-OH is 5. The molecule has 9 heteroatoms. The minimum atomic E-state index is -1.57. The topological polar surface area (TPSA) is 149 Å². The number of amides is 1. The Balaban J connectivity index is 2.26. The first-order chi connectivity index (χ1) is 32.8. The fraction of sp³-hybridized carbons (Fsp3) is 0.879. The minimum Gasteiger partial charge on any atom is -0.394 e. The summed E-state index contributed by atoms with van der Waals surface area (Å²) in [4.78, 5) is 13.0. The average Bonchev–Trinajstić information content (AvgIpc) is 3.33. The van der Waals surface area contributed by atoms with E-state index in [1.54, 1.807) is 6.08 Å². The Bertz CT molecular complexity index is 1150. The van der Waals surface area contributed by atoms with Gasteiger partial charge < -0.3 is 40.3 Å². The van der Waals surface area contributed by atoms with Crippen molar-refractivity contribution in [3.8, 4) is 0 Å². The van der Waals surface area contributed by atoms with E-state index in [2.05, 4.69) is 43.5 Å². The standard InChI is InChI=1S/C58H109NO8/c1-3-5-7-9-11-13-15-17-19-21-23-25-26-28-29-31-33-35-37-39-41-43-45-47-52(61)51(50-66-58-57(65)56(64)55(63)53(49-60)67-58)59-54(62)48-46-44-42-40-38-36-34-32-30-27-24-22-20-18-16-14-12-10-8-6-4-2/h27,30,37,39,45,47,51-53,55-58,60-61,63-65H,3-26,28-29,31-36,38,40-44,46,48-50H2,1-2H3,(H,59,62)/b30-27-,39-37+,47-45+. The Morgan fingerprint density at radius 1 is 0.493 bits per heavy atom. The molecule has 394 valence electrons. The van der Waals surface area contributed by atoms with Gasteiger partial charge in [0.15, 0.2) is 6.29 Å². The van der Waals surface area contributed by atoms with Crippen molar-refractivity contribution in [2.75, 3.05) is 13.2 Å². The van der Waals surface area contributed by atoms with E-state index in [9.17, 15) is 30.3 Å². The lowest BCUT2D eigenvalue weighted by molar-refractivity contribution is -0.302. The Morgan fingerprint density at radius 2 is 0.851 bits per heavy atom. The highest BCUT2D eigenvalue weighted by atomic mass is 16.7. The summed E-state index contributed by atoms with van der Waals surface area (Å²) in [7, 11) is 0. The highest BCUT2D eigenvalue weighted by Gasteiger charge is 2.44. The maximum atomic E-state index is 13.0.